The second-order valence-electron chi connectivity index (χ2n) is 8.54. The summed E-state index contributed by atoms with van der Waals surface area (Å²) in [7, 11) is 0. The molecule has 0 unspecified atom stereocenters. The van der Waals surface area contributed by atoms with E-state index in [1.165, 1.54) is 27.7 Å². The Morgan fingerprint density at radius 3 is 2.51 bits per heavy atom. The van der Waals surface area contributed by atoms with E-state index in [0.29, 0.717) is 0 Å². The molecule has 4 heterocycles. The molecule has 0 aliphatic carbocycles. The molecule has 14 heteroatoms. The Balaban J connectivity index is 1.32. The molecule has 2 aliphatic rings. The number of hydrogen-bond donors (Lipinski definition) is 1. The third-order valence-electron chi connectivity index (χ3n) is 6.32. The van der Waals surface area contributed by atoms with E-state index in [9.17, 15) is 28.0 Å². The van der Waals surface area contributed by atoms with E-state index in [0.717, 1.165) is 11.0 Å². The Bertz CT molecular complexity index is 1450. The van der Waals surface area contributed by atoms with Crippen LogP contribution in [0.1, 0.15) is 0 Å². The second-order valence-corrected chi connectivity index (χ2v) is 8.54. The van der Waals surface area contributed by atoms with E-state index in [2.05, 4.69) is 4.98 Å². The lowest BCUT2D eigenvalue weighted by molar-refractivity contribution is -0.132. The highest BCUT2D eigenvalue weighted by molar-refractivity contribution is 5.90. The number of carbonyl (C=O) groups excluding carboxylic acids is 2. The molecule has 2 aliphatic heterocycles. The van der Waals surface area contributed by atoms with Crippen molar-refractivity contribution in [3.05, 3.63) is 63.1 Å². The molecule has 5 rings (SSSR count). The van der Waals surface area contributed by atoms with E-state index in [1.807, 2.05) is 5.32 Å². The van der Waals surface area contributed by atoms with Gasteiger partial charge in [0.05, 0.1) is 42.9 Å². The third kappa shape index (κ3) is 4.49. The van der Waals surface area contributed by atoms with Crippen LogP contribution >= 0.6 is 0 Å². The number of aromatic nitrogens is 3. The predicted molar refractivity (Wildman–Crippen MR) is 126 cm³/mol. The molecule has 2 aromatic heterocycles. The largest absolute Gasteiger partial charge is 0.442 e. The van der Waals surface area contributed by atoms with Gasteiger partial charge in [-0.3, -0.25) is 24.3 Å². The first-order valence-corrected chi connectivity index (χ1v) is 11.4. The molecule has 0 spiro atoms. The van der Waals surface area contributed by atoms with Gasteiger partial charge in [0.25, 0.3) is 17.0 Å². The van der Waals surface area contributed by atoms with Gasteiger partial charge in [0, 0.05) is 19.3 Å². The molecule has 1 N–H and O–H groups in total. The molecule has 194 valence electrons. The Labute approximate surface area is 206 Å². The van der Waals surface area contributed by atoms with Crippen LogP contribution in [0.2, 0.25) is 0 Å². The lowest BCUT2D eigenvalue weighted by Gasteiger charge is -2.23. The van der Waals surface area contributed by atoms with Gasteiger partial charge in [-0.25, -0.2) is 18.5 Å². The molecule has 1 atom stereocenters. The van der Waals surface area contributed by atoms with Crippen LogP contribution in [0.25, 0.3) is 10.9 Å². The summed E-state index contributed by atoms with van der Waals surface area (Å²) in [6.45, 7) is 0.401. The van der Waals surface area contributed by atoms with Gasteiger partial charge in [0.15, 0.2) is 0 Å². The first-order chi connectivity index (χ1) is 17.7. The van der Waals surface area contributed by atoms with Gasteiger partial charge in [-0.05, 0) is 30.3 Å². The zero-order valence-corrected chi connectivity index (χ0v) is 19.3. The fraction of sp³-hybridized carbons (Fsp3) is 0.348. The SMILES string of the molecule is O=C(NC[C@H]1CN(c2ccc(N3CCn4c(=O)c5cccnc5c(=O)n4CC3)c(F)c2)C(=O)O1)C(F)F. The molecule has 1 saturated heterocycles. The van der Waals surface area contributed by atoms with Crippen LogP contribution in [-0.2, 0) is 22.6 Å². The summed E-state index contributed by atoms with van der Waals surface area (Å²) in [6, 6.07) is 7.25. The van der Waals surface area contributed by atoms with Gasteiger partial charge < -0.3 is 15.0 Å². The molecule has 37 heavy (non-hydrogen) atoms. The van der Waals surface area contributed by atoms with E-state index < -0.39 is 35.9 Å². The summed E-state index contributed by atoms with van der Waals surface area (Å²) < 4.78 is 47.6. The third-order valence-corrected chi connectivity index (χ3v) is 6.32. The zero-order chi connectivity index (χ0) is 26.3. The topological polar surface area (TPSA) is 119 Å². The number of alkyl halides is 2. The Hall–Kier alpha value is -4.36. The van der Waals surface area contributed by atoms with Gasteiger partial charge in [0.2, 0.25) is 0 Å². The molecule has 11 nitrogen and oxygen atoms in total. The van der Waals surface area contributed by atoms with Crippen LogP contribution in [0.3, 0.4) is 0 Å². The Morgan fingerprint density at radius 2 is 1.81 bits per heavy atom. The molecule has 2 amide bonds. The normalized spacial score (nSPS) is 17.6. The number of cyclic esters (lactones) is 1. The summed E-state index contributed by atoms with van der Waals surface area (Å²) in [6.07, 6.45) is -3.41. The van der Waals surface area contributed by atoms with Gasteiger partial charge in [0.1, 0.15) is 17.4 Å². The van der Waals surface area contributed by atoms with E-state index in [-0.39, 0.29) is 67.1 Å². The lowest BCUT2D eigenvalue weighted by Crippen LogP contribution is -2.39. The van der Waals surface area contributed by atoms with Gasteiger partial charge >= 0.3 is 12.5 Å². The van der Waals surface area contributed by atoms with Crippen molar-refractivity contribution in [2.45, 2.75) is 25.6 Å². The van der Waals surface area contributed by atoms with Crippen molar-refractivity contribution in [2.75, 3.05) is 36.0 Å². The molecule has 0 bridgehead atoms. The number of amides is 2. The zero-order valence-electron chi connectivity index (χ0n) is 19.3. The lowest BCUT2D eigenvalue weighted by atomic mass is 10.2. The van der Waals surface area contributed by atoms with Crippen LogP contribution < -0.4 is 26.2 Å². The van der Waals surface area contributed by atoms with Crippen molar-refractivity contribution >= 4 is 34.3 Å². The molecular weight excluding hydrogens is 497 g/mol. The number of hydrogen-bond acceptors (Lipinski definition) is 7. The van der Waals surface area contributed by atoms with Crippen molar-refractivity contribution < 1.29 is 27.5 Å². The van der Waals surface area contributed by atoms with Crippen molar-refractivity contribution in [3.63, 3.8) is 0 Å². The van der Waals surface area contributed by atoms with E-state index >= 15 is 4.39 Å². The monoisotopic (exact) mass is 518 g/mol. The summed E-state index contributed by atoms with van der Waals surface area (Å²) in [5.41, 5.74) is -0.269. The van der Waals surface area contributed by atoms with Crippen molar-refractivity contribution in [3.8, 4) is 0 Å². The number of nitrogens with one attached hydrogen (secondary N) is 1. The van der Waals surface area contributed by atoms with Gasteiger partial charge in [-0.15, -0.1) is 0 Å². The van der Waals surface area contributed by atoms with Crippen LogP contribution in [0.5, 0.6) is 0 Å². The molecule has 0 saturated carbocycles. The highest BCUT2D eigenvalue weighted by atomic mass is 19.3. The van der Waals surface area contributed by atoms with Crippen LogP contribution in [-0.4, -0.2) is 65.1 Å². The average Bonchev–Trinajstić information content (AvgIpc) is 3.11. The molecule has 1 aromatic carbocycles. The quantitative estimate of drug-likeness (QED) is 0.534. The average molecular weight is 518 g/mol. The van der Waals surface area contributed by atoms with Crippen molar-refractivity contribution in [1.82, 2.24) is 19.7 Å². The van der Waals surface area contributed by atoms with E-state index in [4.69, 9.17) is 4.74 Å². The summed E-state index contributed by atoms with van der Waals surface area (Å²) in [4.78, 5) is 56.0. The highest BCUT2D eigenvalue weighted by Crippen LogP contribution is 2.28. The van der Waals surface area contributed by atoms with E-state index in [1.54, 1.807) is 17.0 Å². The number of pyridine rings is 1. The number of ether oxygens (including phenoxy) is 1. The molecule has 0 radical (unpaired) electrons. The highest BCUT2D eigenvalue weighted by Gasteiger charge is 2.33. The number of anilines is 2. The minimum atomic E-state index is -3.19. The molecular formula is C23H21F3N6O5. The second kappa shape index (κ2) is 9.59. The Morgan fingerprint density at radius 1 is 1.08 bits per heavy atom. The van der Waals surface area contributed by atoms with Crippen molar-refractivity contribution in [1.29, 1.82) is 0 Å². The number of rotatable bonds is 5. The van der Waals surface area contributed by atoms with Crippen LogP contribution in [0.15, 0.2) is 46.1 Å². The summed E-state index contributed by atoms with van der Waals surface area (Å²) >= 11 is 0. The number of halogens is 3. The number of nitrogens with zero attached hydrogens (tertiary/aromatic N) is 5. The Kier molecular flexibility index (Phi) is 6.31. The van der Waals surface area contributed by atoms with Crippen molar-refractivity contribution in [2.24, 2.45) is 0 Å². The maximum atomic E-state index is 15.2. The standard InChI is InChI=1S/C23H21F3N6O5/c24-16-10-13(30-12-14(37-23(30)36)11-28-20(33)19(25)26)3-4-17(16)29-6-8-31-21(34)15-2-1-5-27-18(15)22(35)32(31)9-7-29/h1-5,10,14,19H,6-9,11-12H2,(H,28,33)/t14-/m0/s1. The number of fused-ring (bicyclic) bond motifs is 2. The minimum absolute atomic E-state index is 0.0619. The summed E-state index contributed by atoms with van der Waals surface area (Å²) in [5.74, 6) is -2.12. The van der Waals surface area contributed by atoms with Crippen LogP contribution in [0.4, 0.5) is 29.3 Å². The summed E-state index contributed by atoms with van der Waals surface area (Å²) in [5, 5.41) is 2.21. The number of benzene rings is 1. The first-order valence-electron chi connectivity index (χ1n) is 11.4. The number of carbonyl (C=O) groups is 2. The fourth-order valence-corrected chi connectivity index (χ4v) is 4.51. The maximum Gasteiger partial charge on any atom is 0.414 e. The molecule has 3 aromatic rings. The smallest absolute Gasteiger partial charge is 0.414 e. The maximum absolute atomic E-state index is 15.2. The molecule has 1 fully saturated rings. The van der Waals surface area contributed by atoms with Gasteiger partial charge in [-0.2, -0.15) is 8.78 Å². The predicted octanol–water partition coefficient (Wildman–Crippen LogP) is 0.924. The fourth-order valence-electron chi connectivity index (χ4n) is 4.51. The van der Waals surface area contributed by atoms with Crippen LogP contribution in [0, 0.1) is 5.82 Å². The van der Waals surface area contributed by atoms with Gasteiger partial charge in [-0.1, -0.05) is 0 Å². The minimum Gasteiger partial charge on any atom is -0.442 e. The first kappa shape index (κ1) is 24.3.